The molecule has 1 amide bonds. The zero-order valence-corrected chi connectivity index (χ0v) is 17.1. The van der Waals surface area contributed by atoms with Crippen LogP contribution in [0.5, 0.6) is 0 Å². The van der Waals surface area contributed by atoms with Crippen LogP contribution in [0.1, 0.15) is 50.2 Å². The summed E-state index contributed by atoms with van der Waals surface area (Å²) in [6.07, 6.45) is 8.18. The molecule has 0 bridgehead atoms. The minimum Gasteiger partial charge on any atom is -0.355 e. The number of benzene rings is 1. The predicted octanol–water partition coefficient (Wildman–Crippen LogP) is 3.77. The number of rotatable bonds is 7. The summed E-state index contributed by atoms with van der Waals surface area (Å²) in [6.45, 7) is 6.66. The summed E-state index contributed by atoms with van der Waals surface area (Å²) in [5.41, 5.74) is 4.65. The molecule has 144 valence electrons. The van der Waals surface area contributed by atoms with Gasteiger partial charge in [-0.05, 0) is 74.4 Å². The molecule has 1 aliphatic carbocycles. The van der Waals surface area contributed by atoms with Crippen molar-refractivity contribution in [1.82, 2.24) is 25.5 Å². The standard InChI is InChI=1S/C20H27N5OS/c1-14-8-7-9-15(2)18(14)25-20(22-23-24-25)27-16(3)19(26)21-13-12-17-10-5-4-6-11-17/h7-10,16H,4-6,11-13H2,1-3H3,(H,21,26). The fourth-order valence-corrected chi connectivity index (χ4v) is 4.18. The van der Waals surface area contributed by atoms with E-state index < -0.39 is 0 Å². The molecule has 0 saturated heterocycles. The number of carbonyl (C=O) groups excluding carboxylic acids is 1. The highest BCUT2D eigenvalue weighted by atomic mass is 32.2. The first kappa shape index (κ1) is 19.6. The summed E-state index contributed by atoms with van der Waals surface area (Å²) in [5, 5.41) is 15.5. The molecule has 0 fully saturated rings. The average molecular weight is 386 g/mol. The third-order valence-electron chi connectivity index (χ3n) is 4.87. The number of aryl methyl sites for hydroxylation is 2. The lowest BCUT2D eigenvalue weighted by atomic mass is 9.97. The Balaban J connectivity index is 1.60. The van der Waals surface area contributed by atoms with E-state index in [0.29, 0.717) is 11.7 Å². The number of amides is 1. The van der Waals surface area contributed by atoms with E-state index in [1.807, 2.05) is 39.0 Å². The molecule has 0 aliphatic heterocycles. The first-order valence-electron chi connectivity index (χ1n) is 9.53. The summed E-state index contributed by atoms with van der Waals surface area (Å²) < 4.78 is 1.73. The van der Waals surface area contributed by atoms with Gasteiger partial charge in [0.1, 0.15) is 0 Å². The summed E-state index contributed by atoms with van der Waals surface area (Å²) >= 11 is 1.38. The second kappa shape index (κ2) is 9.17. The summed E-state index contributed by atoms with van der Waals surface area (Å²) in [4.78, 5) is 12.5. The smallest absolute Gasteiger partial charge is 0.233 e. The molecule has 1 aromatic heterocycles. The molecule has 27 heavy (non-hydrogen) atoms. The number of nitrogens with one attached hydrogen (secondary N) is 1. The highest BCUT2D eigenvalue weighted by Gasteiger charge is 2.20. The van der Waals surface area contributed by atoms with Crippen LogP contribution in [-0.4, -0.2) is 37.9 Å². The van der Waals surface area contributed by atoms with Crippen LogP contribution >= 0.6 is 11.8 Å². The number of aromatic nitrogens is 4. The van der Waals surface area contributed by atoms with Crippen LogP contribution in [-0.2, 0) is 4.79 Å². The monoisotopic (exact) mass is 385 g/mol. The number of hydrogen-bond donors (Lipinski definition) is 1. The van der Waals surface area contributed by atoms with Crippen molar-refractivity contribution in [3.8, 4) is 5.69 Å². The normalized spacial score (nSPS) is 15.3. The van der Waals surface area contributed by atoms with E-state index in [1.165, 1.54) is 43.0 Å². The number of allylic oxidation sites excluding steroid dienone is 1. The number of nitrogens with zero attached hydrogens (tertiary/aromatic N) is 4. The van der Waals surface area contributed by atoms with E-state index in [9.17, 15) is 4.79 Å². The molecule has 3 rings (SSSR count). The highest BCUT2D eigenvalue weighted by molar-refractivity contribution is 8.00. The van der Waals surface area contributed by atoms with Crippen LogP contribution in [0.3, 0.4) is 0 Å². The molecule has 0 saturated carbocycles. The van der Waals surface area contributed by atoms with Crippen molar-refractivity contribution in [3.63, 3.8) is 0 Å². The number of hydrogen-bond acceptors (Lipinski definition) is 5. The lowest BCUT2D eigenvalue weighted by Crippen LogP contribution is -2.32. The number of tetrazole rings is 1. The molecule has 1 N–H and O–H groups in total. The second-order valence-electron chi connectivity index (χ2n) is 7.02. The van der Waals surface area contributed by atoms with E-state index in [2.05, 4.69) is 26.9 Å². The third kappa shape index (κ3) is 4.97. The average Bonchev–Trinajstić information content (AvgIpc) is 3.10. The van der Waals surface area contributed by atoms with Gasteiger partial charge in [-0.15, -0.1) is 5.10 Å². The summed E-state index contributed by atoms with van der Waals surface area (Å²) in [5.74, 6) is 0.0208. The van der Waals surface area contributed by atoms with Crippen LogP contribution in [0.15, 0.2) is 35.0 Å². The Morgan fingerprint density at radius 2 is 2.07 bits per heavy atom. The minimum absolute atomic E-state index is 0.0208. The van der Waals surface area contributed by atoms with E-state index in [0.717, 1.165) is 23.2 Å². The Bertz CT molecular complexity index is 809. The maximum absolute atomic E-state index is 12.5. The van der Waals surface area contributed by atoms with E-state index in [1.54, 1.807) is 4.68 Å². The molecule has 7 heteroatoms. The van der Waals surface area contributed by atoms with Crippen molar-refractivity contribution >= 4 is 17.7 Å². The lowest BCUT2D eigenvalue weighted by molar-refractivity contribution is -0.120. The molecule has 1 atom stereocenters. The molecular weight excluding hydrogens is 358 g/mol. The maximum atomic E-state index is 12.5. The number of para-hydroxylation sites is 1. The fourth-order valence-electron chi connectivity index (χ4n) is 3.37. The van der Waals surface area contributed by atoms with Crippen molar-refractivity contribution in [2.75, 3.05) is 6.54 Å². The summed E-state index contributed by atoms with van der Waals surface area (Å²) in [6, 6.07) is 6.09. The van der Waals surface area contributed by atoms with Crippen molar-refractivity contribution < 1.29 is 4.79 Å². The Kier molecular flexibility index (Phi) is 6.66. The van der Waals surface area contributed by atoms with Gasteiger partial charge in [-0.3, -0.25) is 4.79 Å². The van der Waals surface area contributed by atoms with Gasteiger partial charge >= 0.3 is 0 Å². The van der Waals surface area contributed by atoms with E-state index >= 15 is 0 Å². The third-order valence-corrected chi connectivity index (χ3v) is 5.91. The van der Waals surface area contributed by atoms with Gasteiger partial charge in [-0.1, -0.05) is 41.6 Å². The van der Waals surface area contributed by atoms with Crippen LogP contribution in [0.2, 0.25) is 0 Å². The van der Waals surface area contributed by atoms with Gasteiger partial charge < -0.3 is 5.32 Å². The molecule has 1 aromatic carbocycles. The molecule has 1 heterocycles. The van der Waals surface area contributed by atoms with E-state index in [4.69, 9.17) is 0 Å². The van der Waals surface area contributed by atoms with Gasteiger partial charge in [-0.25, -0.2) is 0 Å². The topological polar surface area (TPSA) is 72.7 Å². The van der Waals surface area contributed by atoms with Crippen LogP contribution < -0.4 is 5.32 Å². The fraction of sp³-hybridized carbons (Fsp3) is 0.500. The Labute approximate surface area is 164 Å². The molecule has 2 aromatic rings. The van der Waals surface area contributed by atoms with Gasteiger partial charge in [0.15, 0.2) is 0 Å². The quantitative estimate of drug-likeness (QED) is 0.580. The van der Waals surface area contributed by atoms with Crippen molar-refractivity contribution in [2.24, 2.45) is 0 Å². The second-order valence-corrected chi connectivity index (χ2v) is 8.33. The molecular formula is C20H27N5OS. The SMILES string of the molecule is Cc1cccc(C)c1-n1nnnc1SC(C)C(=O)NCCC1=CCCCC1. The largest absolute Gasteiger partial charge is 0.355 e. The van der Waals surface area contributed by atoms with E-state index in [-0.39, 0.29) is 11.2 Å². The molecule has 1 unspecified atom stereocenters. The van der Waals surface area contributed by atoms with Gasteiger partial charge in [0.05, 0.1) is 10.9 Å². The Hall–Kier alpha value is -2.15. The molecule has 1 aliphatic rings. The van der Waals surface area contributed by atoms with Gasteiger partial charge in [0.2, 0.25) is 11.1 Å². The highest BCUT2D eigenvalue weighted by Crippen LogP contribution is 2.26. The van der Waals surface area contributed by atoms with Gasteiger partial charge in [0, 0.05) is 6.54 Å². The molecule has 0 spiro atoms. The first-order valence-corrected chi connectivity index (χ1v) is 10.4. The van der Waals surface area contributed by atoms with Gasteiger partial charge in [-0.2, -0.15) is 4.68 Å². The molecule has 0 radical (unpaired) electrons. The van der Waals surface area contributed by atoms with Crippen LogP contribution in [0.25, 0.3) is 5.69 Å². The lowest BCUT2D eigenvalue weighted by Gasteiger charge is -2.15. The van der Waals surface area contributed by atoms with Gasteiger partial charge in [0.25, 0.3) is 0 Å². The van der Waals surface area contributed by atoms with Crippen LogP contribution in [0.4, 0.5) is 0 Å². The minimum atomic E-state index is -0.264. The summed E-state index contributed by atoms with van der Waals surface area (Å²) in [7, 11) is 0. The first-order chi connectivity index (χ1) is 13.1. The number of carbonyl (C=O) groups is 1. The van der Waals surface area contributed by atoms with Crippen molar-refractivity contribution in [1.29, 1.82) is 0 Å². The zero-order chi connectivity index (χ0) is 19.2. The maximum Gasteiger partial charge on any atom is 0.233 e. The zero-order valence-electron chi connectivity index (χ0n) is 16.2. The van der Waals surface area contributed by atoms with Crippen molar-refractivity contribution in [2.45, 2.75) is 63.3 Å². The Morgan fingerprint density at radius 1 is 1.30 bits per heavy atom. The number of thioether (sulfide) groups is 1. The Morgan fingerprint density at radius 3 is 2.78 bits per heavy atom. The predicted molar refractivity (Wildman–Crippen MR) is 108 cm³/mol. The molecule has 6 nitrogen and oxygen atoms in total. The van der Waals surface area contributed by atoms with Crippen molar-refractivity contribution in [3.05, 3.63) is 41.0 Å². The van der Waals surface area contributed by atoms with Crippen LogP contribution in [0, 0.1) is 13.8 Å².